The number of aromatic nitrogens is 2. The van der Waals surface area contributed by atoms with Crippen molar-refractivity contribution < 1.29 is 0 Å². The van der Waals surface area contributed by atoms with E-state index in [-0.39, 0.29) is 0 Å². The molecule has 20 heavy (non-hydrogen) atoms. The lowest BCUT2D eigenvalue weighted by molar-refractivity contribution is 0.831. The Balaban J connectivity index is 2.05. The van der Waals surface area contributed by atoms with E-state index in [1.165, 1.54) is 0 Å². The molecule has 1 aromatic carbocycles. The maximum absolute atomic E-state index is 5.77. The van der Waals surface area contributed by atoms with Gasteiger partial charge in [0.05, 0.1) is 0 Å². The molecule has 2 N–H and O–H groups in total. The minimum Gasteiger partial charge on any atom is -0.389 e. The van der Waals surface area contributed by atoms with Gasteiger partial charge in [-0.05, 0) is 39.7 Å². The minimum absolute atomic E-state index is 0.428. The number of benzene rings is 1. The SMILES string of the molecule is NC(=S)c1cccc2c1ccn2Cc1cncc(Br)c1. The first-order valence-corrected chi connectivity index (χ1v) is 7.32. The van der Waals surface area contributed by atoms with Gasteiger partial charge in [0, 0.05) is 46.1 Å². The lowest BCUT2D eigenvalue weighted by Crippen LogP contribution is -2.09. The summed E-state index contributed by atoms with van der Waals surface area (Å²) in [6.07, 6.45) is 5.70. The van der Waals surface area contributed by atoms with Crippen LogP contribution in [-0.2, 0) is 6.54 Å². The Morgan fingerprint density at radius 3 is 2.90 bits per heavy atom. The highest BCUT2D eigenvalue weighted by atomic mass is 79.9. The zero-order valence-electron chi connectivity index (χ0n) is 10.6. The number of hydrogen-bond acceptors (Lipinski definition) is 2. The highest BCUT2D eigenvalue weighted by Gasteiger charge is 2.07. The van der Waals surface area contributed by atoms with Crippen molar-refractivity contribution >= 4 is 44.0 Å². The summed E-state index contributed by atoms with van der Waals surface area (Å²) in [5.74, 6) is 0. The van der Waals surface area contributed by atoms with Crippen LogP contribution in [0, 0.1) is 0 Å². The predicted molar refractivity (Wildman–Crippen MR) is 88.9 cm³/mol. The van der Waals surface area contributed by atoms with Crippen molar-refractivity contribution in [3.8, 4) is 0 Å². The van der Waals surface area contributed by atoms with E-state index in [2.05, 4.69) is 43.7 Å². The van der Waals surface area contributed by atoms with Gasteiger partial charge in [-0.15, -0.1) is 0 Å². The van der Waals surface area contributed by atoms with E-state index in [0.717, 1.165) is 33.0 Å². The molecular formula is C15H12BrN3S. The molecule has 0 fully saturated rings. The topological polar surface area (TPSA) is 43.8 Å². The van der Waals surface area contributed by atoms with Crippen molar-refractivity contribution in [2.45, 2.75) is 6.54 Å². The summed E-state index contributed by atoms with van der Waals surface area (Å²) >= 11 is 8.54. The number of nitrogens with two attached hydrogens (primary N) is 1. The summed E-state index contributed by atoms with van der Waals surface area (Å²) in [5, 5.41) is 1.09. The first-order valence-electron chi connectivity index (χ1n) is 6.12. The predicted octanol–water partition coefficient (Wildman–Crippen LogP) is 3.48. The van der Waals surface area contributed by atoms with Crippen LogP contribution in [0.4, 0.5) is 0 Å². The van der Waals surface area contributed by atoms with Crippen LogP contribution in [0.15, 0.2) is 53.4 Å². The number of halogens is 1. The van der Waals surface area contributed by atoms with E-state index >= 15 is 0 Å². The molecule has 0 bridgehead atoms. The van der Waals surface area contributed by atoms with Crippen LogP contribution in [-0.4, -0.2) is 14.5 Å². The standard InChI is InChI=1S/C15H12BrN3S/c16-11-6-10(7-18-8-11)9-19-5-4-12-13(15(17)20)2-1-3-14(12)19/h1-8H,9H2,(H2,17,20). The number of fused-ring (bicyclic) bond motifs is 1. The number of hydrogen-bond donors (Lipinski definition) is 1. The normalized spacial score (nSPS) is 10.8. The van der Waals surface area contributed by atoms with Crippen LogP contribution in [0.5, 0.6) is 0 Å². The van der Waals surface area contributed by atoms with Crippen LogP contribution in [0.2, 0.25) is 0 Å². The molecule has 0 aliphatic rings. The molecule has 0 amide bonds. The largest absolute Gasteiger partial charge is 0.389 e. The summed E-state index contributed by atoms with van der Waals surface area (Å²) in [5.41, 5.74) is 8.94. The van der Waals surface area contributed by atoms with Gasteiger partial charge in [0.25, 0.3) is 0 Å². The second-order valence-corrected chi connectivity index (χ2v) is 5.91. The quantitative estimate of drug-likeness (QED) is 0.739. The first kappa shape index (κ1) is 13.3. The molecule has 2 heterocycles. The van der Waals surface area contributed by atoms with Crippen LogP contribution in [0.25, 0.3) is 10.9 Å². The van der Waals surface area contributed by atoms with E-state index in [0.29, 0.717) is 4.99 Å². The number of pyridine rings is 1. The first-order chi connectivity index (χ1) is 9.65. The van der Waals surface area contributed by atoms with Crippen molar-refractivity contribution in [2.75, 3.05) is 0 Å². The maximum Gasteiger partial charge on any atom is 0.104 e. The smallest absolute Gasteiger partial charge is 0.104 e. The Labute approximate surface area is 130 Å². The highest BCUT2D eigenvalue weighted by molar-refractivity contribution is 9.10. The Morgan fingerprint density at radius 2 is 2.15 bits per heavy atom. The van der Waals surface area contributed by atoms with E-state index in [1.54, 1.807) is 6.20 Å². The summed E-state index contributed by atoms with van der Waals surface area (Å²) in [4.78, 5) is 4.62. The highest BCUT2D eigenvalue weighted by Crippen LogP contribution is 2.21. The van der Waals surface area contributed by atoms with Crippen molar-refractivity contribution in [1.82, 2.24) is 9.55 Å². The average Bonchev–Trinajstić information content (AvgIpc) is 2.82. The molecule has 0 radical (unpaired) electrons. The molecule has 100 valence electrons. The van der Waals surface area contributed by atoms with Crippen LogP contribution in [0.1, 0.15) is 11.1 Å². The summed E-state index contributed by atoms with van der Waals surface area (Å²) in [6.45, 7) is 0.761. The van der Waals surface area contributed by atoms with Gasteiger partial charge in [0.1, 0.15) is 4.99 Å². The third kappa shape index (κ3) is 2.46. The van der Waals surface area contributed by atoms with Crippen molar-refractivity contribution in [2.24, 2.45) is 5.73 Å². The maximum atomic E-state index is 5.77. The number of nitrogens with zero attached hydrogens (tertiary/aromatic N) is 2. The third-order valence-electron chi connectivity index (χ3n) is 3.19. The fraction of sp³-hybridized carbons (Fsp3) is 0.0667. The van der Waals surface area contributed by atoms with E-state index < -0.39 is 0 Å². The minimum atomic E-state index is 0.428. The van der Waals surface area contributed by atoms with Crippen LogP contribution >= 0.6 is 28.1 Å². The van der Waals surface area contributed by atoms with Gasteiger partial charge in [0.15, 0.2) is 0 Å². The second kappa shape index (κ2) is 5.34. The van der Waals surface area contributed by atoms with E-state index in [4.69, 9.17) is 18.0 Å². The fourth-order valence-corrected chi connectivity index (χ4v) is 2.91. The van der Waals surface area contributed by atoms with Gasteiger partial charge in [0.2, 0.25) is 0 Å². The molecule has 0 aliphatic heterocycles. The van der Waals surface area contributed by atoms with Gasteiger partial charge in [-0.1, -0.05) is 24.4 Å². The van der Waals surface area contributed by atoms with Gasteiger partial charge in [-0.25, -0.2) is 0 Å². The fourth-order valence-electron chi connectivity index (χ4n) is 2.32. The molecular weight excluding hydrogens is 334 g/mol. The molecule has 5 heteroatoms. The van der Waals surface area contributed by atoms with Crippen LogP contribution < -0.4 is 5.73 Å². The molecule has 0 atom stereocenters. The number of rotatable bonds is 3. The van der Waals surface area contributed by atoms with Gasteiger partial charge in [-0.2, -0.15) is 0 Å². The lowest BCUT2D eigenvalue weighted by atomic mass is 10.1. The average molecular weight is 346 g/mol. The molecule has 3 aromatic rings. The Morgan fingerprint density at radius 1 is 1.30 bits per heavy atom. The molecule has 3 rings (SSSR count). The van der Waals surface area contributed by atoms with Crippen molar-refractivity contribution in [3.05, 3.63) is 64.5 Å². The summed E-state index contributed by atoms with van der Waals surface area (Å²) in [6, 6.07) is 10.1. The van der Waals surface area contributed by atoms with E-state index in [9.17, 15) is 0 Å². The van der Waals surface area contributed by atoms with Crippen molar-refractivity contribution in [1.29, 1.82) is 0 Å². The van der Waals surface area contributed by atoms with Gasteiger partial charge < -0.3 is 10.3 Å². The van der Waals surface area contributed by atoms with Gasteiger partial charge >= 0.3 is 0 Å². The van der Waals surface area contributed by atoms with Crippen molar-refractivity contribution in [3.63, 3.8) is 0 Å². The number of thiocarbonyl (C=S) groups is 1. The Bertz CT molecular complexity index is 795. The summed E-state index contributed by atoms with van der Waals surface area (Å²) in [7, 11) is 0. The molecule has 0 aliphatic carbocycles. The Kier molecular flexibility index (Phi) is 3.54. The third-order valence-corrected chi connectivity index (χ3v) is 3.85. The van der Waals surface area contributed by atoms with Crippen LogP contribution in [0.3, 0.4) is 0 Å². The molecule has 0 spiro atoms. The zero-order chi connectivity index (χ0) is 14.1. The molecule has 3 nitrogen and oxygen atoms in total. The van der Waals surface area contributed by atoms with Gasteiger partial charge in [-0.3, -0.25) is 4.98 Å². The van der Waals surface area contributed by atoms with E-state index in [1.807, 2.05) is 24.5 Å². The molecule has 0 unspecified atom stereocenters. The molecule has 0 saturated heterocycles. The lowest BCUT2D eigenvalue weighted by Gasteiger charge is -2.07. The monoisotopic (exact) mass is 345 g/mol. The molecule has 2 aromatic heterocycles. The Hall–Kier alpha value is -1.72. The molecule has 0 saturated carbocycles. The summed E-state index contributed by atoms with van der Waals surface area (Å²) < 4.78 is 3.15. The zero-order valence-corrected chi connectivity index (χ0v) is 13.0. The second-order valence-electron chi connectivity index (χ2n) is 4.56.